The number of hydrogen-bond donors (Lipinski definition) is 1. The van der Waals surface area contributed by atoms with Gasteiger partial charge in [-0.3, -0.25) is 4.68 Å². The van der Waals surface area contributed by atoms with E-state index < -0.39 is 11.9 Å². The van der Waals surface area contributed by atoms with Crippen LogP contribution in [0.1, 0.15) is 17.3 Å². The van der Waals surface area contributed by atoms with Gasteiger partial charge in [0.25, 0.3) is 0 Å². The Morgan fingerprint density at radius 2 is 2.18 bits per heavy atom. The molecule has 0 unspecified atom stereocenters. The number of ether oxygens (including phenoxy) is 1. The average molecular weight is 235 g/mol. The standard InChI is InChI=1S/C12H14FN3O/c1-16-6-5-10(15-16)12(14)8-3-4-11(17-2)9(13)7-8/h3-7,12H,14H2,1-2H3/t12-/m0/s1. The highest BCUT2D eigenvalue weighted by Crippen LogP contribution is 2.23. The maximum Gasteiger partial charge on any atom is 0.165 e. The van der Waals surface area contributed by atoms with Crippen LogP contribution in [0.15, 0.2) is 30.5 Å². The fourth-order valence-electron chi connectivity index (χ4n) is 1.65. The van der Waals surface area contributed by atoms with Crippen LogP contribution in [0.25, 0.3) is 0 Å². The van der Waals surface area contributed by atoms with Crippen LogP contribution in [0, 0.1) is 5.82 Å². The number of benzene rings is 1. The third kappa shape index (κ3) is 2.29. The van der Waals surface area contributed by atoms with Crippen molar-refractivity contribution in [3.8, 4) is 5.75 Å². The van der Waals surface area contributed by atoms with E-state index in [2.05, 4.69) is 5.10 Å². The second-order valence-corrected chi connectivity index (χ2v) is 3.79. The molecule has 1 heterocycles. The molecule has 17 heavy (non-hydrogen) atoms. The predicted molar refractivity (Wildman–Crippen MR) is 62.2 cm³/mol. The van der Waals surface area contributed by atoms with Crippen molar-refractivity contribution in [2.24, 2.45) is 12.8 Å². The van der Waals surface area contributed by atoms with Crippen LogP contribution in [0.4, 0.5) is 4.39 Å². The Morgan fingerprint density at radius 1 is 1.41 bits per heavy atom. The third-order valence-corrected chi connectivity index (χ3v) is 2.59. The van der Waals surface area contributed by atoms with E-state index in [1.807, 2.05) is 13.1 Å². The second-order valence-electron chi connectivity index (χ2n) is 3.79. The largest absolute Gasteiger partial charge is 0.494 e. The molecule has 0 amide bonds. The number of nitrogens with zero attached hydrogens (tertiary/aromatic N) is 2. The molecule has 0 bridgehead atoms. The number of aromatic nitrogens is 2. The van der Waals surface area contributed by atoms with Gasteiger partial charge < -0.3 is 10.5 Å². The van der Waals surface area contributed by atoms with Crippen LogP contribution in [-0.4, -0.2) is 16.9 Å². The number of methoxy groups -OCH3 is 1. The summed E-state index contributed by atoms with van der Waals surface area (Å²) in [5.41, 5.74) is 7.38. The summed E-state index contributed by atoms with van der Waals surface area (Å²) in [7, 11) is 3.24. The summed E-state index contributed by atoms with van der Waals surface area (Å²) in [5.74, 6) is -0.210. The smallest absolute Gasteiger partial charge is 0.165 e. The first-order valence-corrected chi connectivity index (χ1v) is 5.20. The summed E-state index contributed by atoms with van der Waals surface area (Å²) in [6, 6.07) is 6.05. The van der Waals surface area contributed by atoms with Crippen LogP contribution in [0.2, 0.25) is 0 Å². The normalized spacial score (nSPS) is 12.5. The number of rotatable bonds is 3. The van der Waals surface area contributed by atoms with Crippen LogP contribution in [0.3, 0.4) is 0 Å². The van der Waals surface area contributed by atoms with E-state index in [0.717, 1.165) is 0 Å². The number of nitrogens with two attached hydrogens (primary N) is 1. The molecule has 2 rings (SSSR count). The fourth-order valence-corrected chi connectivity index (χ4v) is 1.65. The lowest BCUT2D eigenvalue weighted by molar-refractivity contribution is 0.386. The van der Waals surface area contributed by atoms with Gasteiger partial charge in [-0.15, -0.1) is 0 Å². The monoisotopic (exact) mass is 235 g/mol. The molecule has 1 atom stereocenters. The number of hydrogen-bond acceptors (Lipinski definition) is 3. The Kier molecular flexibility index (Phi) is 3.10. The summed E-state index contributed by atoms with van der Waals surface area (Å²) < 4.78 is 20.0. The maximum atomic E-state index is 13.5. The number of halogens is 1. The summed E-state index contributed by atoms with van der Waals surface area (Å²) >= 11 is 0. The zero-order valence-electron chi connectivity index (χ0n) is 9.72. The molecule has 2 aromatic rings. The van der Waals surface area contributed by atoms with Crippen molar-refractivity contribution in [3.63, 3.8) is 0 Å². The van der Waals surface area contributed by atoms with Gasteiger partial charge in [0, 0.05) is 13.2 Å². The van der Waals surface area contributed by atoms with Crippen LogP contribution < -0.4 is 10.5 Å². The van der Waals surface area contributed by atoms with Gasteiger partial charge in [0.05, 0.1) is 18.8 Å². The zero-order chi connectivity index (χ0) is 12.4. The lowest BCUT2D eigenvalue weighted by atomic mass is 10.0. The van der Waals surface area contributed by atoms with E-state index in [-0.39, 0.29) is 5.75 Å². The molecule has 0 aliphatic carbocycles. The lowest BCUT2D eigenvalue weighted by Crippen LogP contribution is -2.13. The van der Waals surface area contributed by atoms with Crippen molar-refractivity contribution in [1.82, 2.24) is 9.78 Å². The van der Waals surface area contributed by atoms with Gasteiger partial charge in [-0.25, -0.2) is 4.39 Å². The Labute approximate surface area is 98.8 Å². The molecular formula is C12H14FN3O. The van der Waals surface area contributed by atoms with Crippen molar-refractivity contribution in [2.75, 3.05) is 7.11 Å². The SMILES string of the molecule is COc1ccc([C@H](N)c2ccn(C)n2)cc1F. The van der Waals surface area contributed by atoms with Gasteiger partial charge in [0.15, 0.2) is 11.6 Å². The van der Waals surface area contributed by atoms with Crippen molar-refractivity contribution < 1.29 is 9.13 Å². The van der Waals surface area contributed by atoms with Crippen LogP contribution in [-0.2, 0) is 7.05 Å². The summed E-state index contributed by atoms with van der Waals surface area (Å²) in [6.45, 7) is 0. The van der Waals surface area contributed by atoms with E-state index in [9.17, 15) is 4.39 Å². The molecular weight excluding hydrogens is 221 g/mol. The zero-order valence-corrected chi connectivity index (χ0v) is 9.72. The molecule has 0 aliphatic rings. The van der Waals surface area contributed by atoms with E-state index in [1.54, 1.807) is 23.0 Å². The van der Waals surface area contributed by atoms with Crippen LogP contribution in [0.5, 0.6) is 5.75 Å². The molecule has 0 saturated carbocycles. The van der Waals surface area contributed by atoms with Gasteiger partial charge in [-0.05, 0) is 23.8 Å². The molecule has 1 aromatic carbocycles. The summed E-state index contributed by atoms with van der Waals surface area (Å²) in [4.78, 5) is 0. The second kappa shape index (κ2) is 4.55. The minimum atomic E-state index is -0.434. The molecule has 2 N–H and O–H groups in total. The fraction of sp³-hybridized carbons (Fsp3) is 0.250. The molecule has 5 heteroatoms. The van der Waals surface area contributed by atoms with Crippen molar-refractivity contribution >= 4 is 0 Å². The van der Waals surface area contributed by atoms with Crippen molar-refractivity contribution in [1.29, 1.82) is 0 Å². The van der Waals surface area contributed by atoms with Gasteiger partial charge in [-0.1, -0.05) is 6.07 Å². The molecule has 0 fully saturated rings. The van der Waals surface area contributed by atoms with Gasteiger partial charge in [-0.2, -0.15) is 5.10 Å². The Morgan fingerprint density at radius 3 is 2.71 bits per heavy atom. The molecule has 0 radical (unpaired) electrons. The summed E-state index contributed by atoms with van der Waals surface area (Å²) in [6.07, 6.45) is 1.80. The van der Waals surface area contributed by atoms with Gasteiger partial charge in [0.1, 0.15) is 0 Å². The third-order valence-electron chi connectivity index (χ3n) is 2.59. The lowest BCUT2D eigenvalue weighted by Gasteiger charge is -2.10. The molecule has 0 aliphatic heterocycles. The highest BCUT2D eigenvalue weighted by molar-refractivity contribution is 5.34. The molecule has 4 nitrogen and oxygen atoms in total. The molecule has 1 aromatic heterocycles. The average Bonchev–Trinajstić information content (AvgIpc) is 2.75. The topological polar surface area (TPSA) is 53.1 Å². The van der Waals surface area contributed by atoms with E-state index in [1.165, 1.54) is 13.2 Å². The van der Waals surface area contributed by atoms with E-state index in [0.29, 0.717) is 11.3 Å². The first kappa shape index (κ1) is 11.6. The van der Waals surface area contributed by atoms with Crippen molar-refractivity contribution in [2.45, 2.75) is 6.04 Å². The first-order chi connectivity index (χ1) is 8.11. The van der Waals surface area contributed by atoms with Gasteiger partial charge in [0.2, 0.25) is 0 Å². The maximum absolute atomic E-state index is 13.5. The Bertz CT molecular complexity index is 524. The van der Waals surface area contributed by atoms with E-state index >= 15 is 0 Å². The number of aryl methyl sites for hydroxylation is 1. The Balaban J connectivity index is 2.31. The van der Waals surface area contributed by atoms with Gasteiger partial charge >= 0.3 is 0 Å². The Hall–Kier alpha value is -1.88. The highest BCUT2D eigenvalue weighted by Gasteiger charge is 2.13. The summed E-state index contributed by atoms with van der Waals surface area (Å²) in [5, 5.41) is 4.20. The van der Waals surface area contributed by atoms with Crippen molar-refractivity contribution in [3.05, 3.63) is 47.5 Å². The first-order valence-electron chi connectivity index (χ1n) is 5.20. The van der Waals surface area contributed by atoms with Crippen LogP contribution >= 0.6 is 0 Å². The minimum absolute atomic E-state index is 0.210. The van der Waals surface area contributed by atoms with E-state index in [4.69, 9.17) is 10.5 Å². The predicted octanol–water partition coefficient (Wildman–Crippen LogP) is 1.62. The molecule has 0 saturated heterocycles. The molecule has 90 valence electrons. The molecule has 0 spiro atoms. The quantitative estimate of drug-likeness (QED) is 0.879. The minimum Gasteiger partial charge on any atom is -0.494 e. The highest BCUT2D eigenvalue weighted by atomic mass is 19.1.